The van der Waals surface area contributed by atoms with Gasteiger partial charge in [-0.25, -0.2) is 0 Å². The van der Waals surface area contributed by atoms with Gasteiger partial charge in [0, 0.05) is 4.88 Å². The second-order valence-corrected chi connectivity index (χ2v) is 5.04. The van der Waals surface area contributed by atoms with E-state index in [9.17, 15) is 5.11 Å². The van der Waals surface area contributed by atoms with Gasteiger partial charge in [0.25, 0.3) is 0 Å². The van der Waals surface area contributed by atoms with Crippen molar-refractivity contribution in [2.75, 3.05) is 0 Å². The first-order valence-corrected chi connectivity index (χ1v) is 6.64. The second kappa shape index (κ2) is 4.95. The molecule has 0 spiro atoms. The summed E-state index contributed by atoms with van der Waals surface area (Å²) in [5.41, 5.74) is 2.54. The Kier molecular flexibility index (Phi) is 3.60. The third-order valence-electron chi connectivity index (χ3n) is 3.09. The van der Waals surface area contributed by atoms with Crippen molar-refractivity contribution in [2.45, 2.75) is 45.1 Å². The Balaban J connectivity index is 2.19. The van der Waals surface area contributed by atoms with Crippen LogP contribution in [0.2, 0.25) is 0 Å². The molecule has 15 heavy (non-hydrogen) atoms. The summed E-state index contributed by atoms with van der Waals surface area (Å²) in [5.74, 6) is 0. The minimum Gasteiger partial charge on any atom is -0.383 e. The van der Waals surface area contributed by atoms with E-state index in [0.717, 1.165) is 24.1 Å². The molecule has 2 rings (SSSR count). The number of aliphatic hydroxyl groups is 1. The Hall–Kier alpha value is -0.600. The molecule has 1 aliphatic carbocycles. The highest BCUT2D eigenvalue weighted by molar-refractivity contribution is 7.10. The molecular weight excluding hydrogens is 204 g/mol. The lowest BCUT2D eigenvalue weighted by atomic mass is 9.93. The number of aliphatic hydroxyl groups excluding tert-OH is 1. The van der Waals surface area contributed by atoms with Gasteiger partial charge in [-0.05, 0) is 54.7 Å². The zero-order chi connectivity index (χ0) is 10.7. The monoisotopic (exact) mass is 222 g/mol. The minimum absolute atomic E-state index is 0.333. The van der Waals surface area contributed by atoms with Gasteiger partial charge in [0.15, 0.2) is 0 Å². The maximum atomic E-state index is 10.3. The van der Waals surface area contributed by atoms with Gasteiger partial charge in [-0.1, -0.05) is 13.0 Å². The van der Waals surface area contributed by atoms with Gasteiger partial charge in [0.05, 0.1) is 0 Å². The molecule has 1 N–H and O–H groups in total. The first kappa shape index (κ1) is 10.9. The van der Waals surface area contributed by atoms with Gasteiger partial charge in [-0.15, -0.1) is 11.3 Å². The Morgan fingerprint density at radius 3 is 3.00 bits per heavy atom. The van der Waals surface area contributed by atoms with Gasteiger partial charge in [0.1, 0.15) is 6.10 Å². The summed E-state index contributed by atoms with van der Waals surface area (Å²) in [6.07, 6.45) is 7.63. The molecule has 1 unspecified atom stereocenters. The zero-order valence-corrected chi connectivity index (χ0v) is 10.0. The van der Waals surface area contributed by atoms with Crippen molar-refractivity contribution in [3.05, 3.63) is 33.5 Å². The Morgan fingerprint density at radius 1 is 1.47 bits per heavy atom. The van der Waals surface area contributed by atoms with Crippen LogP contribution in [0.3, 0.4) is 0 Å². The van der Waals surface area contributed by atoms with Gasteiger partial charge in [0.2, 0.25) is 0 Å². The Bertz CT molecular complexity index is 351. The van der Waals surface area contributed by atoms with Gasteiger partial charge in [-0.2, -0.15) is 0 Å². The molecular formula is C13H18OS. The highest BCUT2D eigenvalue weighted by Crippen LogP contribution is 2.34. The van der Waals surface area contributed by atoms with Crippen LogP contribution < -0.4 is 0 Å². The number of hydrogen-bond acceptors (Lipinski definition) is 2. The molecule has 0 radical (unpaired) electrons. The van der Waals surface area contributed by atoms with Crippen molar-refractivity contribution in [3.8, 4) is 0 Å². The van der Waals surface area contributed by atoms with Crippen LogP contribution in [-0.4, -0.2) is 5.11 Å². The van der Waals surface area contributed by atoms with Crippen molar-refractivity contribution in [1.82, 2.24) is 0 Å². The SMILES string of the molecule is CCc1ccsc1C(O)C1=CCCCC1. The van der Waals surface area contributed by atoms with Gasteiger partial charge in [-0.3, -0.25) is 0 Å². The number of hydrogen-bond donors (Lipinski definition) is 1. The van der Waals surface area contributed by atoms with E-state index in [1.54, 1.807) is 11.3 Å². The fraction of sp³-hybridized carbons (Fsp3) is 0.538. The molecule has 0 fully saturated rings. The molecule has 1 aromatic heterocycles. The maximum Gasteiger partial charge on any atom is 0.109 e. The van der Waals surface area contributed by atoms with E-state index in [1.807, 2.05) is 0 Å². The third-order valence-corrected chi connectivity index (χ3v) is 4.10. The van der Waals surface area contributed by atoms with Crippen molar-refractivity contribution in [1.29, 1.82) is 0 Å². The zero-order valence-electron chi connectivity index (χ0n) is 9.20. The summed E-state index contributed by atoms with van der Waals surface area (Å²) in [6, 6.07) is 2.13. The summed E-state index contributed by atoms with van der Waals surface area (Å²) in [6.45, 7) is 2.15. The van der Waals surface area contributed by atoms with Crippen molar-refractivity contribution in [2.24, 2.45) is 0 Å². The van der Waals surface area contributed by atoms with Crippen LogP contribution >= 0.6 is 11.3 Å². The summed E-state index contributed by atoms with van der Waals surface area (Å²) >= 11 is 1.69. The smallest absolute Gasteiger partial charge is 0.109 e. The number of allylic oxidation sites excluding steroid dienone is 1. The molecule has 0 saturated carbocycles. The highest BCUT2D eigenvalue weighted by atomic mass is 32.1. The summed E-state index contributed by atoms with van der Waals surface area (Å²) < 4.78 is 0. The van der Waals surface area contributed by atoms with E-state index >= 15 is 0 Å². The van der Waals surface area contributed by atoms with Crippen LogP contribution in [0.25, 0.3) is 0 Å². The third kappa shape index (κ3) is 2.32. The molecule has 1 aliphatic rings. The molecule has 82 valence electrons. The minimum atomic E-state index is -0.333. The van der Waals surface area contributed by atoms with Crippen LogP contribution in [0.5, 0.6) is 0 Å². The van der Waals surface area contributed by atoms with Crippen molar-refractivity contribution < 1.29 is 5.11 Å². The average Bonchev–Trinajstić information content (AvgIpc) is 2.77. The largest absolute Gasteiger partial charge is 0.383 e. The van der Waals surface area contributed by atoms with Gasteiger partial charge >= 0.3 is 0 Å². The highest BCUT2D eigenvalue weighted by Gasteiger charge is 2.18. The molecule has 0 amide bonds. The van der Waals surface area contributed by atoms with Crippen LogP contribution in [-0.2, 0) is 6.42 Å². The predicted octanol–water partition coefficient (Wildman–Crippen LogP) is 3.84. The summed E-state index contributed by atoms with van der Waals surface area (Å²) in [7, 11) is 0. The molecule has 0 saturated heterocycles. The molecule has 1 heterocycles. The van der Waals surface area contributed by atoms with Crippen LogP contribution in [0.4, 0.5) is 0 Å². The number of rotatable bonds is 3. The molecule has 0 bridgehead atoms. The van der Waals surface area contributed by atoms with Crippen LogP contribution in [0.15, 0.2) is 23.1 Å². The second-order valence-electron chi connectivity index (χ2n) is 4.09. The first-order valence-electron chi connectivity index (χ1n) is 5.76. The lowest BCUT2D eigenvalue weighted by Gasteiger charge is -2.18. The van der Waals surface area contributed by atoms with E-state index in [2.05, 4.69) is 24.4 Å². The molecule has 1 nitrogen and oxygen atoms in total. The van der Waals surface area contributed by atoms with E-state index in [4.69, 9.17) is 0 Å². The fourth-order valence-corrected chi connectivity index (χ4v) is 3.18. The maximum absolute atomic E-state index is 10.3. The van der Waals surface area contributed by atoms with E-state index < -0.39 is 0 Å². The number of aryl methyl sites for hydroxylation is 1. The summed E-state index contributed by atoms with van der Waals surface area (Å²) in [5, 5.41) is 12.4. The van der Waals surface area contributed by atoms with E-state index in [-0.39, 0.29) is 6.10 Å². The van der Waals surface area contributed by atoms with E-state index in [0.29, 0.717) is 0 Å². The molecule has 0 aliphatic heterocycles. The van der Waals surface area contributed by atoms with Crippen molar-refractivity contribution >= 4 is 11.3 Å². The normalized spacial score (nSPS) is 18.7. The topological polar surface area (TPSA) is 20.2 Å². The van der Waals surface area contributed by atoms with Gasteiger partial charge < -0.3 is 5.11 Å². The predicted molar refractivity (Wildman–Crippen MR) is 65.2 cm³/mol. The Labute approximate surface area is 95.5 Å². The molecule has 1 atom stereocenters. The number of thiophene rings is 1. The van der Waals surface area contributed by atoms with E-state index in [1.165, 1.54) is 24.0 Å². The van der Waals surface area contributed by atoms with Crippen LogP contribution in [0, 0.1) is 0 Å². The molecule has 0 aromatic carbocycles. The molecule has 1 aromatic rings. The quantitative estimate of drug-likeness (QED) is 0.770. The van der Waals surface area contributed by atoms with Crippen LogP contribution in [0.1, 0.15) is 49.2 Å². The molecule has 2 heteroatoms. The lowest BCUT2D eigenvalue weighted by molar-refractivity contribution is 0.211. The fourth-order valence-electron chi connectivity index (χ4n) is 2.16. The average molecular weight is 222 g/mol. The Morgan fingerprint density at radius 2 is 2.33 bits per heavy atom. The standard InChI is InChI=1S/C13H18OS/c1-2-10-8-9-15-13(10)12(14)11-6-4-3-5-7-11/h6,8-9,12,14H,2-5,7H2,1H3. The summed E-state index contributed by atoms with van der Waals surface area (Å²) in [4.78, 5) is 1.16. The van der Waals surface area contributed by atoms with Crippen molar-refractivity contribution in [3.63, 3.8) is 0 Å². The first-order chi connectivity index (χ1) is 7.33. The lowest BCUT2D eigenvalue weighted by Crippen LogP contribution is -2.04.